The number of aromatic carboxylic acids is 1. The summed E-state index contributed by atoms with van der Waals surface area (Å²) in [5.74, 6) is -0.219. The zero-order chi connectivity index (χ0) is 14.8. The van der Waals surface area contributed by atoms with Crippen LogP contribution in [-0.2, 0) is 6.54 Å². The standard InChI is InChI=1S/C16H15NO4/c1-10(13-3-2-6-20-13)17-9-11-4-5-14-12(7-11)8-15(21-14)16(18)19/h2-8,10,17H,9H2,1H3,(H,18,19)/t10-/m0/s1. The van der Waals surface area contributed by atoms with Crippen LogP contribution in [-0.4, -0.2) is 11.1 Å². The molecule has 1 atom stereocenters. The number of fused-ring (bicyclic) bond motifs is 1. The molecule has 0 amide bonds. The van der Waals surface area contributed by atoms with E-state index in [1.165, 1.54) is 6.07 Å². The van der Waals surface area contributed by atoms with E-state index in [0.717, 1.165) is 16.7 Å². The maximum atomic E-state index is 10.9. The molecule has 0 radical (unpaired) electrons. The van der Waals surface area contributed by atoms with Crippen LogP contribution in [0.2, 0.25) is 0 Å². The molecule has 5 nitrogen and oxygen atoms in total. The third kappa shape index (κ3) is 2.83. The number of furan rings is 2. The number of nitrogens with one attached hydrogen (secondary N) is 1. The van der Waals surface area contributed by atoms with Crippen molar-refractivity contribution in [2.75, 3.05) is 0 Å². The molecule has 0 aliphatic heterocycles. The van der Waals surface area contributed by atoms with E-state index < -0.39 is 5.97 Å². The highest BCUT2D eigenvalue weighted by Crippen LogP contribution is 2.21. The predicted octanol–water partition coefficient (Wildman–Crippen LogP) is 3.57. The van der Waals surface area contributed by atoms with Crippen LogP contribution in [0.1, 0.15) is 34.8 Å². The minimum Gasteiger partial charge on any atom is -0.475 e. The number of carbonyl (C=O) groups is 1. The van der Waals surface area contributed by atoms with Crippen molar-refractivity contribution in [1.82, 2.24) is 5.32 Å². The van der Waals surface area contributed by atoms with Crippen molar-refractivity contribution in [1.29, 1.82) is 0 Å². The van der Waals surface area contributed by atoms with Crippen LogP contribution >= 0.6 is 0 Å². The molecule has 3 rings (SSSR count). The first-order valence-electron chi connectivity index (χ1n) is 6.66. The maximum Gasteiger partial charge on any atom is 0.371 e. The van der Waals surface area contributed by atoms with Crippen LogP contribution in [0.5, 0.6) is 0 Å². The van der Waals surface area contributed by atoms with Gasteiger partial charge >= 0.3 is 5.97 Å². The van der Waals surface area contributed by atoms with Gasteiger partial charge in [0, 0.05) is 11.9 Å². The van der Waals surface area contributed by atoms with Crippen LogP contribution in [0.15, 0.2) is 51.5 Å². The highest BCUT2D eigenvalue weighted by atomic mass is 16.4. The van der Waals surface area contributed by atoms with Crippen molar-refractivity contribution in [2.24, 2.45) is 0 Å². The average Bonchev–Trinajstić information content (AvgIpc) is 3.13. The number of carboxylic acid groups (broad SMARTS) is 1. The highest BCUT2D eigenvalue weighted by Gasteiger charge is 2.11. The second kappa shape index (κ2) is 5.46. The van der Waals surface area contributed by atoms with Gasteiger partial charge in [0.1, 0.15) is 11.3 Å². The zero-order valence-corrected chi connectivity index (χ0v) is 11.5. The second-order valence-electron chi connectivity index (χ2n) is 4.91. The quantitative estimate of drug-likeness (QED) is 0.749. The van der Waals surface area contributed by atoms with Crippen molar-refractivity contribution in [3.63, 3.8) is 0 Å². The third-order valence-electron chi connectivity index (χ3n) is 3.37. The molecule has 108 valence electrons. The Bertz CT molecular complexity index is 758. The molecular weight excluding hydrogens is 270 g/mol. The molecule has 2 heterocycles. The summed E-state index contributed by atoms with van der Waals surface area (Å²) in [5.41, 5.74) is 1.63. The van der Waals surface area contributed by atoms with Gasteiger partial charge in [-0.3, -0.25) is 0 Å². The fraction of sp³-hybridized carbons (Fsp3) is 0.188. The number of benzene rings is 1. The second-order valence-corrected chi connectivity index (χ2v) is 4.91. The summed E-state index contributed by atoms with van der Waals surface area (Å²) in [6, 6.07) is 11.1. The van der Waals surface area contributed by atoms with Crippen molar-refractivity contribution >= 4 is 16.9 Å². The minimum absolute atomic E-state index is 0.0425. The smallest absolute Gasteiger partial charge is 0.371 e. The van der Waals surface area contributed by atoms with Gasteiger partial charge in [0.05, 0.1) is 12.3 Å². The molecule has 2 N–H and O–H groups in total. The lowest BCUT2D eigenvalue weighted by atomic mass is 10.1. The Morgan fingerprint density at radius 3 is 2.90 bits per heavy atom. The van der Waals surface area contributed by atoms with E-state index in [1.54, 1.807) is 12.3 Å². The van der Waals surface area contributed by atoms with Gasteiger partial charge in [-0.15, -0.1) is 0 Å². The number of carboxylic acids is 1. The molecule has 0 aliphatic carbocycles. The van der Waals surface area contributed by atoms with E-state index in [0.29, 0.717) is 12.1 Å². The highest BCUT2D eigenvalue weighted by molar-refractivity contribution is 5.91. The summed E-state index contributed by atoms with van der Waals surface area (Å²) in [5, 5.41) is 13.1. The third-order valence-corrected chi connectivity index (χ3v) is 3.37. The zero-order valence-electron chi connectivity index (χ0n) is 11.5. The van der Waals surface area contributed by atoms with Gasteiger partial charge in [0.15, 0.2) is 0 Å². The Morgan fingerprint density at radius 2 is 2.19 bits per heavy atom. The Morgan fingerprint density at radius 1 is 1.33 bits per heavy atom. The Balaban J connectivity index is 1.73. The monoisotopic (exact) mass is 285 g/mol. The largest absolute Gasteiger partial charge is 0.475 e. The molecule has 0 spiro atoms. The average molecular weight is 285 g/mol. The lowest BCUT2D eigenvalue weighted by molar-refractivity contribution is 0.0665. The van der Waals surface area contributed by atoms with Crippen molar-refractivity contribution < 1.29 is 18.7 Å². The Hall–Kier alpha value is -2.53. The van der Waals surface area contributed by atoms with E-state index >= 15 is 0 Å². The number of hydrogen-bond acceptors (Lipinski definition) is 4. The molecule has 0 aliphatic rings. The van der Waals surface area contributed by atoms with Crippen LogP contribution in [0.3, 0.4) is 0 Å². The first-order valence-corrected chi connectivity index (χ1v) is 6.66. The summed E-state index contributed by atoms with van der Waals surface area (Å²) < 4.78 is 10.6. The fourth-order valence-electron chi connectivity index (χ4n) is 2.22. The van der Waals surface area contributed by atoms with Gasteiger partial charge in [-0.05, 0) is 42.8 Å². The molecule has 0 fully saturated rings. The maximum absolute atomic E-state index is 10.9. The Labute approximate surface area is 121 Å². The van der Waals surface area contributed by atoms with Crippen molar-refractivity contribution in [2.45, 2.75) is 19.5 Å². The molecule has 0 saturated carbocycles. The summed E-state index contributed by atoms with van der Waals surface area (Å²) in [6.07, 6.45) is 1.65. The molecule has 5 heteroatoms. The summed E-state index contributed by atoms with van der Waals surface area (Å²) >= 11 is 0. The topological polar surface area (TPSA) is 75.6 Å². The lowest BCUT2D eigenvalue weighted by Crippen LogP contribution is -2.17. The molecule has 0 bridgehead atoms. The van der Waals surface area contributed by atoms with E-state index in [2.05, 4.69) is 5.32 Å². The van der Waals surface area contributed by atoms with Gasteiger partial charge in [0.25, 0.3) is 0 Å². The molecule has 21 heavy (non-hydrogen) atoms. The normalized spacial score (nSPS) is 12.6. The summed E-state index contributed by atoms with van der Waals surface area (Å²) in [6.45, 7) is 2.68. The van der Waals surface area contributed by atoms with Crippen LogP contribution in [0.25, 0.3) is 11.0 Å². The van der Waals surface area contributed by atoms with Crippen molar-refractivity contribution in [3.8, 4) is 0 Å². The van der Waals surface area contributed by atoms with Gasteiger partial charge in [-0.1, -0.05) is 6.07 Å². The van der Waals surface area contributed by atoms with Crippen molar-refractivity contribution in [3.05, 3.63) is 59.7 Å². The number of rotatable bonds is 5. The van der Waals surface area contributed by atoms with E-state index in [4.69, 9.17) is 13.9 Å². The van der Waals surface area contributed by atoms with E-state index in [-0.39, 0.29) is 11.8 Å². The van der Waals surface area contributed by atoms with E-state index in [9.17, 15) is 4.79 Å². The molecule has 0 saturated heterocycles. The van der Waals surface area contributed by atoms with Gasteiger partial charge in [0.2, 0.25) is 5.76 Å². The minimum atomic E-state index is -1.06. The molecule has 1 aromatic carbocycles. The van der Waals surface area contributed by atoms with Crippen LogP contribution in [0.4, 0.5) is 0 Å². The molecule has 0 unspecified atom stereocenters. The number of hydrogen-bond donors (Lipinski definition) is 2. The SMILES string of the molecule is C[C@H](NCc1ccc2oc(C(=O)O)cc2c1)c1ccco1. The van der Waals surface area contributed by atoms with Crippen LogP contribution < -0.4 is 5.32 Å². The summed E-state index contributed by atoms with van der Waals surface area (Å²) in [7, 11) is 0. The van der Waals surface area contributed by atoms with Gasteiger partial charge < -0.3 is 19.3 Å². The fourth-order valence-corrected chi connectivity index (χ4v) is 2.22. The molecular formula is C16H15NO4. The van der Waals surface area contributed by atoms with E-state index in [1.807, 2.05) is 31.2 Å². The van der Waals surface area contributed by atoms with Gasteiger partial charge in [-0.25, -0.2) is 4.79 Å². The first-order chi connectivity index (χ1) is 10.1. The predicted molar refractivity (Wildman–Crippen MR) is 77.1 cm³/mol. The summed E-state index contributed by atoms with van der Waals surface area (Å²) in [4.78, 5) is 10.9. The van der Waals surface area contributed by atoms with Crippen LogP contribution in [0, 0.1) is 0 Å². The first kappa shape index (κ1) is 13.5. The molecule has 3 aromatic rings. The Kier molecular flexibility index (Phi) is 3.50. The molecule has 2 aromatic heterocycles. The van der Waals surface area contributed by atoms with Gasteiger partial charge in [-0.2, -0.15) is 0 Å². The lowest BCUT2D eigenvalue weighted by Gasteiger charge is -2.11.